The van der Waals surface area contributed by atoms with Gasteiger partial charge >= 0.3 is 12.0 Å². The number of imidazole rings is 1. The molecule has 1 aromatic carbocycles. The number of carbonyl (C=O) groups is 1. The molecule has 0 aliphatic heterocycles. The first-order valence-electron chi connectivity index (χ1n) is 9.66. The Labute approximate surface area is 177 Å². The van der Waals surface area contributed by atoms with Gasteiger partial charge in [-0.25, -0.2) is 14.2 Å². The lowest BCUT2D eigenvalue weighted by molar-refractivity contribution is 0.0600. The third kappa shape index (κ3) is 4.07. The Balaban J connectivity index is 1.86. The molecule has 0 fully saturated rings. The first-order valence-corrected chi connectivity index (χ1v) is 9.66. The molecule has 3 heterocycles. The maximum atomic E-state index is 13.9. The topological polar surface area (TPSA) is 92.0 Å². The SMILES string of the molecule is CCOc1nc(C)c2nc(-c3cncc(F)c3)n(Cc3ccc(C(=O)OC)cc3)c2n1. The fraction of sp³-hybridized carbons (Fsp3) is 0.227. The fourth-order valence-electron chi connectivity index (χ4n) is 3.26. The normalized spacial score (nSPS) is 11.0. The van der Waals surface area contributed by atoms with E-state index in [2.05, 4.69) is 19.9 Å². The Morgan fingerprint density at radius 1 is 1.13 bits per heavy atom. The monoisotopic (exact) mass is 421 g/mol. The second-order valence-electron chi connectivity index (χ2n) is 6.80. The van der Waals surface area contributed by atoms with Crippen LogP contribution >= 0.6 is 0 Å². The van der Waals surface area contributed by atoms with E-state index in [1.807, 2.05) is 30.5 Å². The Kier molecular flexibility index (Phi) is 5.57. The van der Waals surface area contributed by atoms with Crippen molar-refractivity contribution in [2.75, 3.05) is 13.7 Å². The van der Waals surface area contributed by atoms with Crippen molar-refractivity contribution < 1.29 is 18.7 Å². The van der Waals surface area contributed by atoms with Crippen LogP contribution in [0.3, 0.4) is 0 Å². The van der Waals surface area contributed by atoms with Gasteiger partial charge in [-0.1, -0.05) is 12.1 Å². The highest BCUT2D eigenvalue weighted by Crippen LogP contribution is 2.27. The van der Waals surface area contributed by atoms with Gasteiger partial charge in [-0.2, -0.15) is 9.97 Å². The maximum Gasteiger partial charge on any atom is 0.337 e. The summed E-state index contributed by atoms with van der Waals surface area (Å²) in [6.07, 6.45) is 2.69. The maximum absolute atomic E-state index is 13.9. The number of fused-ring (bicyclic) bond motifs is 1. The van der Waals surface area contributed by atoms with Gasteiger partial charge in [0.2, 0.25) is 0 Å². The number of nitrogens with zero attached hydrogens (tertiary/aromatic N) is 5. The van der Waals surface area contributed by atoms with Crippen molar-refractivity contribution in [3.05, 3.63) is 65.4 Å². The van der Waals surface area contributed by atoms with Crippen molar-refractivity contribution in [1.82, 2.24) is 24.5 Å². The molecule has 4 rings (SSSR count). The molecular formula is C22H20FN5O3. The Morgan fingerprint density at radius 3 is 2.58 bits per heavy atom. The summed E-state index contributed by atoms with van der Waals surface area (Å²) >= 11 is 0. The molecule has 9 heteroatoms. The molecule has 0 radical (unpaired) electrons. The molecule has 4 aromatic rings. The molecule has 0 amide bonds. The number of rotatable bonds is 6. The van der Waals surface area contributed by atoms with E-state index >= 15 is 0 Å². The van der Waals surface area contributed by atoms with Crippen molar-refractivity contribution in [3.8, 4) is 17.4 Å². The zero-order valence-corrected chi connectivity index (χ0v) is 17.3. The molecular weight excluding hydrogens is 401 g/mol. The van der Waals surface area contributed by atoms with E-state index in [1.165, 1.54) is 13.2 Å². The number of hydrogen-bond acceptors (Lipinski definition) is 7. The predicted octanol–water partition coefficient (Wildman–Crippen LogP) is 3.57. The standard InChI is InChI=1S/C22H20FN5O3/c1-4-31-22-25-13(2)18-20(27-22)28(19(26-18)16-9-17(23)11-24-10-16)12-14-5-7-15(8-6-14)21(29)30-3/h5-11H,4,12H2,1-3H3. The number of esters is 1. The van der Waals surface area contributed by atoms with E-state index in [9.17, 15) is 9.18 Å². The molecule has 0 N–H and O–H groups in total. The van der Waals surface area contributed by atoms with Crippen LogP contribution in [-0.4, -0.2) is 44.2 Å². The van der Waals surface area contributed by atoms with Gasteiger partial charge in [0, 0.05) is 11.8 Å². The Bertz CT molecular complexity index is 1250. The summed E-state index contributed by atoms with van der Waals surface area (Å²) in [5, 5.41) is 0. The van der Waals surface area contributed by atoms with Gasteiger partial charge in [-0.15, -0.1) is 0 Å². The predicted molar refractivity (Wildman–Crippen MR) is 111 cm³/mol. The summed E-state index contributed by atoms with van der Waals surface area (Å²) in [5.41, 5.74) is 3.67. The van der Waals surface area contributed by atoms with Crippen LogP contribution in [0.1, 0.15) is 28.5 Å². The third-order valence-corrected chi connectivity index (χ3v) is 4.70. The van der Waals surface area contributed by atoms with Crippen LogP contribution in [0.15, 0.2) is 42.7 Å². The molecule has 0 unspecified atom stereocenters. The number of hydrogen-bond donors (Lipinski definition) is 0. The highest BCUT2D eigenvalue weighted by molar-refractivity contribution is 5.89. The molecule has 0 atom stereocenters. The molecule has 0 aliphatic rings. The number of methoxy groups -OCH3 is 1. The van der Waals surface area contributed by atoms with Gasteiger partial charge < -0.3 is 14.0 Å². The van der Waals surface area contributed by atoms with Crippen LogP contribution in [0.2, 0.25) is 0 Å². The number of aromatic nitrogens is 5. The van der Waals surface area contributed by atoms with Gasteiger partial charge in [-0.05, 0) is 37.6 Å². The highest BCUT2D eigenvalue weighted by atomic mass is 19.1. The fourth-order valence-corrected chi connectivity index (χ4v) is 3.26. The number of halogens is 1. The van der Waals surface area contributed by atoms with Gasteiger partial charge in [0.15, 0.2) is 5.65 Å². The van der Waals surface area contributed by atoms with Crippen LogP contribution in [0.5, 0.6) is 6.01 Å². The van der Waals surface area contributed by atoms with E-state index in [0.717, 1.165) is 11.8 Å². The van der Waals surface area contributed by atoms with Gasteiger partial charge in [0.05, 0.1) is 37.7 Å². The van der Waals surface area contributed by atoms with Crippen molar-refractivity contribution in [2.45, 2.75) is 20.4 Å². The molecule has 0 saturated heterocycles. The van der Waals surface area contributed by atoms with Crippen LogP contribution in [0.25, 0.3) is 22.6 Å². The zero-order chi connectivity index (χ0) is 22.0. The lowest BCUT2D eigenvalue weighted by Crippen LogP contribution is -2.06. The summed E-state index contributed by atoms with van der Waals surface area (Å²) in [6, 6.07) is 8.65. The Hall–Kier alpha value is -3.88. The van der Waals surface area contributed by atoms with Crippen LogP contribution in [-0.2, 0) is 11.3 Å². The first-order chi connectivity index (χ1) is 15.0. The van der Waals surface area contributed by atoms with Crippen molar-refractivity contribution in [3.63, 3.8) is 0 Å². The zero-order valence-electron chi connectivity index (χ0n) is 17.3. The molecule has 0 aliphatic carbocycles. The van der Waals surface area contributed by atoms with E-state index in [0.29, 0.717) is 47.0 Å². The molecule has 31 heavy (non-hydrogen) atoms. The number of ether oxygens (including phenoxy) is 2. The van der Waals surface area contributed by atoms with E-state index in [4.69, 9.17) is 9.47 Å². The minimum Gasteiger partial charge on any atom is -0.465 e. The average Bonchev–Trinajstić information content (AvgIpc) is 3.13. The number of benzene rings is 1. The minimum atomic E-state index is -0.462. The van der Waals surface area contributed by atoms with Crippen LogP contribution in [0, 0.1) is 12.7 Å². The summed E-state index contributed by atoms with van der Waals surface area (Å²) in [6.45, 7) is 4.48. The smallest absolute Gasteiger partial charge is 0.337 e. The van der Waals surface area contributed by atoms with E-state index in [1.54, 1.807) is 18.3 Å². The third-order valence-electron chi connectivity index (χ3n) is 4.70. The molecule has 3 aromatic heterocycles. The van der Waals surface area contributed by atoms with Crippen molar-refractivity contribution >= 4 is 17.1 Å². The second kappa shape index (κ2) is 8.47. The van der Waals surface area contributed by atoms with Crippen LogP contribution < -0.4 is 4.74 Å². The lowest BCUT2D eigenvalue weighted by Gasteiger charge is -2.10. The molecule has 0 bridgehead atoms. The summed E-state index contributed by atoms with van der Waals surface area (Å²) in [5.74, 6) is -0.364. The van der Waals surface area contributed by atoms with Gasteiger partial charge in [0.25, 0.3) is 0 Å². The summed E-state index contributed by atoms with van der Waals surface area (Å²) < 4.78 is 26.0. The van der Waals surface area contributed by atoms with Gasteiger partial charge in [-0.3, -0.25) is 4.98 Å². The summed E-state index contributed by atoms with van der Waals surface area (Å²) in [7, 11) is 1.34. The molecule has 158 valence electrons. The van der Waals surface area contributed by atoms with Crippen molar-refractivity contribution in [2.24, 2.45) is 0 Å². The minimum absolute atomic E-state index is 0.249. The highest BCUT2D eigenvalue weighted by Gasteiger charge is 2.19. The lowest BCUT2D eigenvalue weighted by atomic mass is 10.1. The molecule has 0 saturated carbocycles. The molecule has 0 spiro atoms. The van der Waals surface area contributed by atoms with E-state index in [-0.39, 0.29) is 6.01 Å². The first kappa shape index (κ1) is 20.4. The number of pyridine rings is 1. The van der Waals surface area contributed by atoms with E-state index < -0.39 is 11.8 Å². The second-order valence-corrected chi connectivity index (χ2v) is 6.80. The number of aryl methyl sites for hydroxylation is 1. The Morgan fingerprint density at radius 2 is 1.90 bits per heavy atom. The average molecular weight is 421 g/mol. The quantitative estimate of drug-likeness (QED) is 0.440. The largest absolute Gasteiger partial charge is 0.465 e. The van der Waals surface area contributed by atoms with Gasteiger partial charge in [0.1, 0.15) is 17.2 Å². The van der Waals surface area contributed by atoms with Crippen molar-refractivity contribution in [1.29, 1.82) is 0 Å². The molecule has 8 nitrogen and oxygen atoms in total. The number of carbonyl (C=O) groups excluding carboxylic acids is 1. The van der Waals surface area contributed by atoms with Crippen LogP contribution in [0.4, 0.5) is 4.39 Å². The summed E-state index contributed by atoms with van der Waals surface area (Å²) in [4.78, 5) is 29.2.